The highest BCUT2D eigenvalue weighted by molar-refractivity contribution is 5.81. The molecule has 2 atom stereocenters. The molecule has 30 heavy (non-hydrogen) atoms. The summed E-state index contributed by atoms with van der Waals surface area (Å²) >= 11 is 0. The van der Waals surface area contributed by atoms with Crippen molar-refractivity contribution in [2.45, 2.75) is 31.9 Å². The van der Waals surface area contributed by atoms with E-state index in [4.69, 9.17) is 9.72 Å². The van der Waals surface area contributed by atoms with Crippen LogP contribution in [0.25, 0.3) is 11.0 Å². The van der Waals surface area contributed by atoms with Gasteiger partial charge in [-0.15, -0.1) is 6.58 Å². The summed E-state index contributed by atoms with van der Waals surface area (Å²) in [5.74, 6) is 1.68. The van der Waals surface area contributed by atoms with E-state index in [0.717, 1.165) is 28.2 Å². The second-order valence-corrected chi connectivity index (χ2v) is 7.84. The van der Waals surface area contributed by atoms with Gasteiger partial charge in [-0.2, -0.15) is 0 Å². The SMILES string of the molecule is C=CCN1CC(c2nc3ccccc3n2CC(O)COc2ccc(C)cc2)CC1=O. The van der Waals surface area contributed by atoms with Crippen LogP contribution in [0.5, 0.6) is 5.75 Å². The molecule has 3 aromatic rings. The van der Waals surface area contributed by atoms with Gasteiger partial charge in [0.2, 0.25) is 5.91 Å². The van der Waals surface area contributed by atoms with Gasteiger partial charge >= 0.3 is 0 Å². The Labute approximate surface area is 176 Å². The predicted octanol–water partition coefficient (Wildman–Crippen LogP) is 3.29. The Bertz CT molecular complexity index is 1040. The van der Waals surface area contributed by atoms with Crippen molar-refractivity contribution < 1.29 is 14.6 Å². The van der Waals surface area contributed by atoms with Crippen LogP contribution in [-0.2, 0) is 11.3 Å². The molecular formula is C24H27N3O3. The van der Waals surface area contributed by atoms with Gasteiger partial charge in [-0.1, -0.05) is 35.9 Å². The summed E-state index contributed by atoms with van der Waals surface area (Å²) in [5, 5.41) is 10.7. The third-order valence-corrected chi connectivity index (χ3v) is 5.47. The lowest BCUT2D eigenvalue weighted by Crippen LogP contribution is -2.26. The Hall–Kier alpha value is -3.12. The number of likely N-dealkylation sites (tertiary alicyclic amines) is 1. The van der Waals surface area contributed by atoms with Gasteiger partial charge in [0.05, 0.1) is 17.6 Å². The van der Waals surface area contributed by atoms with Crippen molar-refractivity contribution in [1.29, 1.82) is 0 Å². The van der Waals surface area contributed by atoms with E-state index in [1.807, 2.05) is 60.0 Å². The number of hydrogen-bond donors (Lipinski definition) is 1. The minimum Gasteiger partial charge on any atom is -0.491 e. The van der Waals surface area contributed by atoms with Crippen LogP contribution in [0.2, 0.25) is 0 Å². The number of imidazole rings is 1. The number of para-hydroxylation sites is 2. The van der Waals surface area contributed by atoms with Crippen molar-refractivity contribution in [3.8, 4) is 5.75 Å². The highest BCUT2D eigenvalue weighted by Crippen LogP contribution is 2.30. The van der Waals surface area contributed by atoms with Gasteiger partial charge in [-0.25, -0.2) is 4.98 Å². The minimum atomic E-state index is -0.705. The lowest BCUT2D eigenvalue weighted by atomic mass is 10.1. The maximum atomic E-state index is 12.4. The van der Waals surface area contributed by atoms with Crippen molar-refractivity contribution in [2.75, 3.05) is 19.7 Å². The summed E-state index contributed by atoms with van der Waals surface area (Å²) in [6.07, 6.45) is 1.46. The highest BCUT2D eigenvalue weighted by atomic mass is 16.5. The Morgan fingerprint density at radius 1 is 1.27 bits per heavy atom. The molecule has 1 N–H and O–H groups in total. The average molecular weight is 405 g/mol. The molecule has 1 aromatic heterocycles. The number of benzene rings is 2. The molecule has 0 spiro atoms. The zero-order valence-corrected chi connectivity index (χ0v) is 17.2. The van der Waals surface area contributed by atoms with Crippen molar-refractivity contribution in [2.24, 2.45) is 0 Å². The van der Waals surface area contributed by atoms with Crippen LogP contribution < -0.4 is 4.74 Å². The van der Waals surface area contributed by atoms with Crippen molar-refractivity contribution in [3.05, 3.63) is 72.6 Å². The van der Waals surface area contributed by atoms with E-state index in [1.54, 1.807) is 11.0 Å². The number of fused-ring (bicyclic) bond motifs is 1. The molecule has 1 aliphatic rings. The molecule has 2 heterocycles. The molecule has 6 heteroatoms. The van der Waals surface area contributed by atoms with Crippen molar-refractivity contribution in [3.63, 3.8) is 0 Å². The predicted molar refractivity (Wildman–Crippen MR) is 117 cm³/mol. The zero-order valence-electron chi connectivity index (χ0n) is 17.2. The first-order valence-corrected chi connectivity index (χ1v) is 10.3. The Morgan fingerprint density at radius 2 is 2.03 bits per heavy atom. The average Bonchev–Trinajstić information content (AvgIpc) is 3.29. The molecule has 1 aliphatic heterocycles. The summed E-state index contributed by atoms with van der Waals surface area (Å²) in [4.78, 5) is 19.0. The largest absolute Gasteiger partial charge is 0.491 e. The van der Waals surface area contributed by atoms with Crippen LogP contribution in [0.3, 0.4) is 0 Å². The summed E-state index contributed by atoms with van der Waals surface area (Å²) in [7, 11) is 0. The molecule has 0 bridgehead atoms. The van der Waals surface area contributed by atoms with Crippen LogP contribution in [-0.4, -0.2) is 51.3 Å². The molecule has 2 unspecified atom stereocenters. The zero-order chi connectivity index (χ0) is 21.1. The van der Waals surface area contributed by atoms with Crippen LogP contribution in [0.15, 0.2) is 61.2 Å². The lowest BCUT2D eigenvalue weighted by Gasteiger charge is -2.18. The molecule has 2 aromatic carbocycles. The topological polar surface area (TPSA) is 67.6 Å². The van der Waals surface area contributed by atoms with E-state index in [-0.39, 0.29) is 18.4 Å². The number of aliphatic hydroxyl groups is 1. The molecule has 1 saturated heterocycles. The second-order valence-electron chi connectivity index (χ2n) is 7.84. The minimum absolute atomic E-state index is 0.00457. The van der Waals surface area contributed by atoms with Gasteiger partial charge in [-0.05, 0) is 31.2 Å². The Balaban J connectivity index is 1.53. The quantitative estimate of drug-likeness (QED) is 0.584. The van der Waals surface area contributed by atoms with Gasteiger partial charge in [0, 0.05) is 25.4 Å². The van der Waals surface area contributed by atoms with E-state index in [2.05, 4.69) is 6.58 Å². The number of nitrogens with zero attached hydrogens (tertiary/aromatic N) is 3. The number of rotatable bonds is 8. The third-order valence-electron chi connectivity index (χ3n) is 5.47. The van der Waals surface area contributed by atoms with Gasteiger partial charge in [0.15, 0.2) is 0 Å². The smallest absolute Gasteiger partial charge is 0.223 e. The standard InChI is InChI=1S/C24H27N3O3/c1-3-12-26-14-18(13-23(26)29)24-25-21-6-4-5-7-22(21)27(24)15-19(28)16-30-20-10-8-17(2)9-11-20/h3-11,18-19,28H,1,12-16H2,2H3. The first-order valence-electron chi connectivity index (χ1n) is 10.3. The summed E-state index contributed by atoms with van der Waals surface area (Å²) < 4.78 is 7.79. The molecular weight excluding hydrogens is 378 g/mol. The normalized spacial score (nSPS) is 17.5. The molecule has 6 nitrogen and oxygen atoms in total. The monoisotopic (exact) mass is 405 g/mol. The van der Waals surface area contributed by atoms with Crippen LogP contribution in [0.4, 0.5) is 0 Å². The number of carbonyl (C=O) groups excluding carboxylic acids is 1. The number of aryl methyl sites for hydroxylation is 1. The van der Waals surface area contributed by atoms with Gasteiger partial charge in [-0.3, -0.25) is 4.79 Å². The van der Waals surface area contributed by atoms with E-state index in [0.29, 0.717) is 26.1 Å². The van der Waals surface area contributed by atoms with Gasteiger partial charge < -0.3 is 19.3 Å². The molecule has 0 radical (unpaired) electrons. The molecule has 1 amide bonds. The molecule has 0 aliphatic carbocycles. The fraction of sp³-hybridized carbons (Fsp3) is 0.333. The fourth-order valence-electron chi connectivity index (χ4n) is 3.97. The maximum Gasteiger partial charge on any atom is 0.223 e. The van der Waals surface area contributed by atoms with Crippen LogP contribution in [0, 0.1) is 6.92 Å². The number of aliphatic hydroxyl groups excluding tert-OH is 1. The molecule has 0 saturated carbocycles. The first kappa shape index (κ1) is 20.2. The highest BCUT2D eigenvalue weighted by Gasteiger charge is 2.33. The van der Waals surface area contributed by atoms with Gasteiger partial charge in [0.1, 0.15) is 24.3 Å². The number of ether oxygens (including phenoxy) is 1. The fourth-order valence-corrected chi connectivity index (χ4v) is 3.97. The van der Waals surface area contributed by atoms with Crippen molar-refractivity contribution >= 4 is 16.9 Å². The van der Waals surface area contributed by atoms with E-state index < -0.39 is 6.10 Å². The molecule has 1 fully saturated rings. The van der Waals surface area contributed by atoms with Crippen LogP contribution in [0.1, 0.15) is 23.7 Å². The first-order chi connectivity index (χ1) is 14.5. The Kier molecular flexibility index (Phi) is 5.86. The summed E-state index contributed by atoms with van der Waals surface area (Å²) in [5.41, 5.74) is 2.99. The van der Waals surface area contributed by atoms with Gasteiger partial charge in [0.25, 0.3) is 0 Å². The van der Waals surface area contributed by atoms with E-state index in [9.17, 15) is 9.90 Å². The van der Waals surface area contributed by atoms with Crippen molar-refractivity contribution in [1.82, 2.24) is 14.5 Å². The molecule has 156 valence electrons. The lowest BCUT2D eigenvalue weighted by molar-refractivity contribution is -0.127. The number of hydrogen-bond acceptors (Lipinski definition) is 4. The number of aromatic nitrogens is 2. The molecule has 4 rings (SSSR count). The second kappa shape index (κ2) is 8.71. The maximum absolute atomic E-state index is 12.4. The Morgan fingerprint density at radius 3 is 2.80 bits per heavy atom. The van der Waals surface area contributed by atoms with Crippen LogP contribution >= 0.6 is 0 Å². The third kappa shape index (κ3) is 4.24. The summed E-state index contributed by atoms with van der Waals surface area (Å²) in [6.45, 7) is 7.45. The van der Waals surface area contributed by atoms with E-state index >= 15 is 0 Å². The summed E-state index contributed by atoms with van der Waals surface area (Å²) in [6, 6.07) is 15.6. The number of carbonyl (C=O) groups is 1. The van der Waals surface area contributed by atoms with E-state index in [1.165, 1.54) is 0 Å². The number of amides is 1.